The predicted octanol–water partition coefficient (Wildman–Crippen LogP) is 4.95. The Balaban J connectivity index is 1.86. The second-order valence-corrected chi connectivity index (χ2v) is 5.37. The maximum Gasteiger partial charge on any atom is 0.118 e. The van der Waals surface area contributed by atoms with Crippen LogP contribution in [-0.4, -0.2) is 7.11 Å². The molecule has 1 heterocycles. The van der Waals surface area contributed by atoms with Crippen molar-refractivity contribution in [2.75, 3.05) is 7.11 Å². The zero-order valence-electron chi connectivity index (χ0n) is 12.1. The highest BCUT2D eigenvalue weighted by molar-refractivity contribution is 5.67. The molecule has 2 nitrogen and oxygen atoms in total. The van der Waals surface area contributed by atoms with Gasteiger partial charge in [-0.05, 0) is 61.6 Å². The molecule has 0 bridgehead atoms. The number of aryl methyl sites for hydroxylation is 1. The van der Waals surface area contributed by atoms with E-state index in [2.05, 4.69) is 24.3 Å². The third-order valence-corrected chi connectivity index (χ3v) is 3.95. The average Bonchev–Trinajstić information content (AvgIpc) is 2.94. The normalized spacial score (nSPS) is 18.7. The summed E-state index contributed by atoms with van der Waals surface area (Å²) in [6.07, 6.45) is 5.89. The van der Waals surface area contributed by atoms with Crippen LogP contribution in [0.4, 0.5) is 0 Å². The van der Waals surface area contributed by atoms with E-state index in [-0.39, 0.29) is 0 Å². The summed E-state index contributed by atoms with van der Waals surface area (Å²) in [7, 11) is 1.70. The van der Waals surface area contributed by atoms with Gasteiger partial charge in [-0.3, -0.25) is 0 Å². The molecule has 1 atom stereocenters. The van der Waals surface area contributed by atoms with Crippen LogP contribution < -0.4 is 4.74 Å². The Hall–Kier alpha value is -1.96. The Labute approximate surface area is 120 Å². The Morgan fingerprint density at radius 1 is 1.10 bits per heavy atom. The zero-order chi connectivity index (χ0) is 13.9. The quantitative estimate of drug-likeness (QED) is 0.786. The minimum atomic E-state index is 0.412. The first-order valence-electron chi connectivity index (χ1n) is 7.18. The molecular weight excluding hydrogens is 248 g/mol. The third-order valence-electron chi connectivity index (χ3n) is 3.95. The topological polar surface area (TPSA) is 22.4 Å². The number of benzene rings is 1. The van der Waals surface area contributed by atoms with Gasteiger partial charge in [0.15, 0.2) is 0 Å². The van der Waals surface area contributed by atoms with Crippen molar-refractivity contribution in [2.45, 2.75) is 32.1 Å². The van der Waals surface area contributed by atoms with Crippen LogP contribution in [0.2, 0.25) is 0 Å². The van der Waals surface area contributed by atoms with Gasteiger partial charge in [0.05, 0.1) is 7.11 Å². The van der Waals surface area contributed by atoms with Gasteiger partial charge in [0.2, 0.25) is 0 Å². The molecule has 1 unspecified atom stereocenters. The molecule has 3 rings (SSSR count). The number of rotatable bonds is 3. The van der Waals surface area contributed by atoms with Gasteiger partial charge in [-0.2, -0.15) is 0 Å². The number of methoxy groups -OCH3 is 1. The van der Waals surface area contributed by atoms with E-state index in [0.717, 1.165) is 23.7 Å². The van der Waals surface area contributed by atoms with Crippen LogP contribution in [0.25, 0.3) is 5.57 Å². The van der Waals surface area contributed by atoms with Gasteiger partial charge in [0.25, 0.3) is 0 Å². The maximum atomic E-state index is 5.78. The van der Waals surface area contributed by atoms with Gasteiger partial charge in [-0.25, -0.2) is 0 Å². The van der Waals surface area contributed by atoms with Gasteiger partial charge in [0.1, 0.15) is 17.3 Å². The Morgan fingerprint density at radius 2 is 1.90 bits per heavy atom. The Kier molecular flexibility index (Phi) is 3.64. The predicted molar refractivity (Wildman–Crippen MR) is 81.0 cm³/mol. The SMILES string of the molecule is COc1ccc(C2=CC(c3ccc(C)o3)CCC2)cc1. The summed E-state index contributed by atoms with van der Waals surface area (Å²) in [6, 6.07) is 12.5. The van der Waals surface area contributed by atoms with Crippen LogP contribution in [0, 0.1) is 6.92 Å². The third kappa shape index (κ3) is 2.64. The van der Waals surface area contributed by atoms with Gasteiger partial charge >= 0.3 is 0 Å². The van der Waals surface area contributed by atoms with E-state index in [0.29, 0.717) is 5.92 Å². The van der Waals surface area contributed by atoms with Crippen LogP contribution in [-0.2, 0) is 0 Å². The molecule has 1 aliphatic rings. The molecule has 0 radical (unpaired) electrons. The van der Waals surface area contributed by atoms with Gasteiger partial charge in [-0.15, -0.1) is 0 Å². The summed E-state index contributed by atoms with van der Waals surface area (Å²) in [5, 5.41) is 0. The number of allylic oxidation sites excluding steroid dienone is 2. The molecule has 0 amide bonds. The molecular formula is C18H20O2. The lowest BCUT2D eigenvalue weighted by molar-refractivity contribution is 0.414. The van der Waals surface area contributed by atoms with Crippen molar-refractivity contribution < 1.29 is 9.15 Å². The molecule has 0 aliphatic heterocycles. The highest BCUT2D eigenvalue weighted by Gasteiger charge is 2.18. The van der Waals surface area contributed by atoms with E-state index in [9.17, 15) is 0 Å². The van der Waals surface area contributed by atoms with E-state index < -0.39 is 0 Å². The minimum Gasteiger partial charge on any atom is -0.497 e. The van der Waals surface area contributed by atoms with Gasteiger partial charge < -0.3 is 9.15 Å². The monoisotopic (exact) mass is 268 g/mol. The lowest BCUT2D eigenvalue weighted by Crippen LogP contribution is -2.02. The Bertz CT molecular complexity index is 605. The first-order chi connectivity index (χ1) is 9.76. The second kappa shape index (κ2) is 5.58. The van der Waals surface area contributed by atoms with Crippen molar-refractivity contribution >= 4 is 5.57 Å². The van der Waals surface area contributed by atoms with Crippen molar-refractivity contribution in [3.63, 3.8) is 0 Å². The van der Waals surface area contributed by atoms with Crippen LogP contribution in [0.1, 0.15) is 42.3 Å². The summed E-state index contributed by atoms with van der Waals surface area (Å²) in [6.45, 7) is 2.00. The van der Waals surface area contributed by atoms with Crippen molar-refractivity contribution in [2.24, 2.45) is 0 Å². The van der Waals surface area contributed by atoms with Crippen LogP contribution in [0.15, 0.2) is 46.9 Å². The molecule has 0 spiro atoms. The highest BCUT2D eigenvalue weighted by atomic mass is 16.5. The molecule has 2 heteroatoms. The fourth-order valence-corrected chi connectivity index (χ4v) is 2.84. The maximum absolute atomic E-state index is 5.78. The molecule has 0 saturated heterocycles. The second-order valence-electron chi connectivity index (χ2n) is 5.37. The molecule has 0 fully saturated rings. The molecule has 20 heavy (non-hydrogen) atoms. The summed E-state index contributed by atoms with van der Waals surface area (Å²) in [5.74, 6) is 3.40. The first-order valence-corrected chi connectivity index (χ1v) is 7.18. The summed E-state index contributed by atoms with van der Waals surface area (Å²) < 4.78 is 11.0. The van der Waals surface area contributed by atoms with E-state index >= 15 is 0 Å². The van der Waals surface area contributed by atoms with Gasteiger partial charge in [-0.1, -0.05) is 18.2 Å². The first kappa shape index (κ1) is 13.0. The van der Waals surface area contributed by atoms with Crippen LogP contribution in [0.5, 0.6) is 5.75 Å². The largest absolute Gasteiger partial charge is 0.497 e. The zero-order valence-corrected chi connectivity index (χ0v) is 12.1. The fraction of sp³-hybridized carbons (Fsp3) is 0.333. The van der Waals surface area contributed by atoms with E-state index in [1.54, 1.807) is 7.11 Å². The lowest BCUT2D eigenvalue weighted by Gasteiger charge is -2.20. The van der Waals surface area contributed by atoms with Crippen LogP contribution >= 0.6 is 0 Å². The highest BCUT2D eigenvalue weighted by Crippen LogP contribution is 2.36. The van der Waals surface area contributed by atoms with Crippen molar-refractivity contribution in [1.82, 2.24) is 0 Å². The smallest absolute Gasteiger partial charge is 0.118 e. The minimum absolute atomic E-state index is 0.412. The van der Waals surface area contributed by atoms with Crippen LogP contribution in [0.3, 0.4) is 0 Å². The van der Waals surface area contributed by atoms with Crippen molar-refractivity contribution in [3.8, 4) is 5.75 Å². The summed E-state index contributed by atoms with van der Waals surface area (Å²) in [5.41, 5.74) is 2.71. The van der Waals surface area contributed by atoms with Gasteiger partial charge in [0, 0.05) is 5.92 Å². The van der Waals surface area contributed by atoms with E-state index in [4.69, 9.17) is 9.15 Å². The number of ether oxygens (including phenoxy) is 1. The summed E-state index contributed by atoms with van der Waals surface area (Å²) >= 11 is 0. The molecule has 0 saturated carbocycles. The van der Waals surface area contributed by atoms with Crippen molar-refractivity contribution in [3.05, 3.63) is 59.6 Å². The number of furan rings is 1. The van der Waals surface area contributed by atoms with E-state index in [1.165, 1.54) is 24.0 Å². The van der Waals surface area contributed by atoms with E-state index in [1.807, 2.05) is 25.1 Å². The molecule has 1 aromatic heterocycles. The standard InChI is InChI=1S/C18H20O2/c1-13-6-11-18(20-13)16-5-3-4-15(12-16)14-7-9-17(19-2)10-8-14/h6-12,16H,3-5H2,1-2H3. The number of hydrogen-bond donors (Lipinski definition) is 0. The number of hydrogen-bond acceptors (Lipinski definition) is 2. The Morgan fingerprint density at radius 3 is 2.55 bits per heavy atom. The summed E-state index contributed by atoms with van der Waals surface area (Å²) in [4.78, 5) is 0. The molecule has 0 N–H and O–H groups in total. The molecule has 1 aliphatic carbocycles. The average molecular weight is 268 g/mol. The fourth-order valence-electron chi connectivity index (χ4n) is 2.84. The lowest BCUT2D eigenvalue weighted by atomic mass is 9.86. The molecule has 1 aromatic carbocycles. The van der Waals surface area contributed by atoms with Crippen molar-refractivity contribution in [1.29, 1.82) is 0 Å². The molecule has 104 valence electrons. The molecule has 2 aromatic rings.